The van der Waals surface area contributed by atoms with Gasteiger partial charge in [0, 0.05) is 28.9 Å². The standard InChI is InChI=1S/C18H18ClN3O2S/c1-10-8-12(5-6-14(10)19)13-9-25-17-16(13)18(24)22(11(2)21-17)7-3-4-15(20)23/h5-6,8-9H,3-4,7H2,1-2H3,(H2,20,23). The lowest BCUT2D eigenvalue weighted by atomic mass is 10.0. The van der Waals surface area contributed by atoms with Gasteiger partial charge >= 0.3 is 0 Å². The molecule has 1 aromatic carbocycles. The van der Waals surface area contributed by atoms with E-state index in [1.807, 2.05) is 30.5 Å². The Morgan fingerprint density at radius 1 is 1.36 bits per heavy atom. The van der Waals surface area contributed by atoms with Gasteiger partial charge in [-0.25, -0.2) is 4.98 Å². The molecule has 0 radical (unpaired) electrons. The van der Waals surface area contributed by atoms with Gasteiger partial charge in [0.15, 0.2) is 0 Å². The molecule has 3 aromatic rings. The lowest BCUT2D eigenvalue weighted by Crippen LogP contribution is -2.24. The zero-order valence-electron chi connectivity index (χ0n) is 14.0. The molecule has 0 aliphatic rings. The number of amides is 1. The van der Waals surface area contributed by atoms with Crippen LogP contribution in [0.4, 0.5) is 0 Å². The van der Waals surface area contributed by atoms with E-state index in [9.17, 15) is 9.59 Å². The molecule has 1 amide bonds. The van der Waals surface area contributed by atoms with Gasteiger partial charge in [-0.05, 0) is 43.5 Å². The van der Waals surface area contributed by atoms with Crippen LogP contribution in [0.5, 0.6) is 0 Å². The minimum absolute atomic E-state index is 0.0872. The number of thiophene rings is 1. The lowest BCUT2D eigenvalue weighted by Gasteiger charge is -2.10. The molecule has 0 atom stereocenters. The van der Waals surface area contributed by atoms with Crippen LogP contribution in [0, 0.1) is 13.8 Å². The van der Waals surface area contributed by atoms with Crippen LogP contribution in [0.3, 0.4) is 0 Å². The van der Waals surface area contributed by atoms with Crippen molar-refractivity contribution in [1.29, 1.82) is 0 Å². The number of halogens is 1. The molecule has 2 heterocycles. The van der Waals surface area contributed by atoms with Crippen LogP contribution in [0.25, 0.3) is 21.3 Å². The van der Waals surface area contributed by atoms with Gasteiger partial charge in [0.1, 0.15) is 10.7 Å². The highest BCUT2D eigenvalue weighted by Crippen LogP contribution is 2.32. The normalized spacial score (nSPS) is 11.2. The van der Waals surface area contributed by atoms with Crippen molar-refractivity contribution in [2.45, 2.75) is 33.2 Å². The summed E-state index contributed by atoms with van der Waals surface area (Å²) in [6, 6.07) is 5.72. The molecular weight excluding hydrogens is 358 g/mol. The van der Waals surface area contributed by atoms with E-state index in [1.54, 1.807) is 11.5 Å². The number of rotatable bonds is 5. The summed E-state index contributed by atoms with van der Waals surface area (Å²) in [7, 11) is 0. The van der Waals surface area contributed by atoms with Gasteiger partial charge in [0.2, 0.25) is 5.91 Å². The Morgan fingerprint density at radius 3 is 2.80 bits per heavy atom. The second kappa shape index (κ2) is 6.98. The molecule has 0 saturated carbocycles. The molecular formula is C18H18ClN3O2S. The van der Waals surface area contributed by atoms with Crippen molar-refractivity contribution < 1.29 is 4.79 Å². The van der Waals surface area contributed by atoms with E-state index in [0.717, 1.165) is 21.5 Å². The van der Waals surface area contributed by atoms with Gasteiger partial charge in [-0.3, -0.25) is 14.2 Å². The zero-order valence-corrected chi connectivity index (χ0v) is 15.6. The van der Waals surface area contributed by atoms with E-state index in [-0.39, 0.29) is 17.9 Å². The summed E-state index contributed by atoms with van der Waals surface area (Å²) in [5, 5.41) is 3.26. The smallest absolute Gasteiger partial charge is 0.262 e. The highest BCUT2D eigenvalue weighted by molar-refractivity contribution is 7.17. The van der Waals surface area contributed by atoms with Crippen molar-refractivity contribution >= 4 is 39.1 Å². The summed E-state index contributed by atoms with van der Waals surface area (Å²) in [6.45, 7) is 4.16. The minimum Gasteiger partial charge on any atom is -0.370 e. The number of carbonyl (C=O) groups excluding carboxylic acids is 1. The van der Waals surface area contributed by atoms with E-state index in [0.29, 0.717) is 29.2 Å². The van der Waals surface area contributed by atoms with Crippen LogP contribution >= 0.6 is 22.9 Å². The van der Waals surface area contributed by atoms with Crippen LogP contribution in [0.2, 0.25) is 5.02 Å². The minimum atomic E-state index is -0.368. The van der Waals surface area contributed by atoms with Gasteiger partial charge in [0.25, 0.3) is 5.56 Å². The van der Waals surface area contributed by atoms with Crippen LogP contribution in [-0.2, 0) is 11.3 Å². The molecule has 2 aromatic heterocycles. The first kappa shape index (κ1) is 17.6. The fourth-order valence-corrected chi connectivity index (χ4v) is 3.93. The molecule has 0 unspecified atom stereocenters. The monoisotopic (exact) mass is 375 g/mol. The molecule has 7 heteroatoms. The first-order valence-electron chi connectivity index (χ1n) is 7.92. The number of hydrogen-bond acceptors (Lipinski definition) is 4. The maximum atomic E-state index is 13.0. The van der Waals surface area contributed by atoms with Gasteiger partial charge in [-0.1, -0.05) is 17.7 Å². The van der Waals surface area contributed by atoms with Crippen molar-refractivity contribution in [3.05, 3.63) is 50.3 Å². The maximum absolute atomic E-state index is 13.0. The second-order valence-electron chi connectivity index (χ2n) is 5.98. The number of aryl methyl sites for hydroxylation is 2. The molecule has 2 N–H and O–H groups in total. The van der Waals surface area contributed by atoms with Crippen LogP contribution < -0.4 is 11.3 Å². The van der Waals surface area contributed by atoms with Crippen molar-refractivity contribution in [3.63, 3.8) is 0 Å². The highest BCUT2D eigenvalue weighted by Gasteiger charge is 2.16. The first-order valence-corrected chi connectivity index (χ1v) is 9.17. The first-order chi connectivity index (χ1) is 11.9. The predicted molar refractivity (Wildman–Crippen MR) is 102 cm³/mol. The molecule has 3 rings (SSSR count). The Hall–Kier alpha value is -2.18. The number of carbonyl (C=O) groups is 1. The average Bonchev–Trinajstić information content (AvgIpc) is 2.96. The van der Waals surface area contributed by atoms with Crippen molar-refractivity contribution in [2.75, 3.05) is 0 Å². The number of nitrogens with two attached hydrogens (primary N) is 1. The lowest BCUT2D eigenvalue weighted by molar-refractivity contribution is -0.118. The van der Waals surface area contributed by atoms with Crippen molar-refractivity contribution in [2.24, 2.45) is 5.73 Å². The topological polar surface area (TPSA) is 78.0 Å². The number of hydrogen-bond donors (Lipinski definition) is 1. The number of benzene rings is 1. The average molecular weight is 376 g/mol. The molecule has 0 saturated heterocycles. The second-order valence-corrected chi connectivity index (χ2v) is 7.24. The molecule has 5 nitrogen and oxygen atoms in total. The van der Waals surface area contributed by atoms with Crippen molar-refractivity contribution in [3.8, 4) is 11.1 Å². The molecule has 130 valence electrons. The number of aromatic nitrogens is 2. The van der Waals surface area contributed by atoms with Crippen LogP contribution in [0.15, 0.2) is 28.4 Å². The number of nitrogens with zero attached hydrogens (tertiary/aromatic N) is 2. The molecule has 0 aliphatic carbocycles. The molecule has 0 spiro atoms. The summed E-state index contributed by atoms with van der Waals surface area (Å²) in [4.78, 5) is 29.2. The summed E-state index contributed by atoms with van der Waals surface area (Å²) in [5.74, 6) is 0.273. The van der Waals surface area contributed by atoms with E-state index in [2.05, 4.69) is 4.98 Å². The fraction of sp³-hybridized carbons (Fsp3) is 0.278. The highest BCUT2D eigenvalue weighted by atomic mass is 35.5. The predicted octanol–water partition coefficient (Wildman–Crippen LogP) is 3.66. The quantitative estimate of drug-likeness (QED) is 0.739. The summed E-state index contributed by atoms with van der Waals surface area (Å²) in [6.07, 6.45) is 0.763. The van der Waals surface area contributed by atoms with Gasteiger partial charge < -0.3 is 5.73 Å². The van der Waals surface area contributed by atoms with E-state index in [4.69, 9.17) is 17.3 Å². The van der Waals surface area contributed by atoms with E-state index in [1.165, 1.54) is 11.3 Å². The number of primary amides is 1. The number of fused-ring (bicyclic) bond motifs is 1. The Bertz CT molecular complexity index is 1020. The molecule has 0 aliphatic heterocycles. The molecule has 0 fully saturated rings. The third-order valence-corrected chi connectivity index (χ3v) is 5.45. The molecule has 25 heavy (non-hydrogen) atoms. The SMILES string of the molecule is Cc1cc(-c2csc3nc(C)n(CCCC(N)=O)c(=O)c23)ccc1Cl. The fourth-order valence-electron chi connectivity index (χ4n) is 2.83. The third kappa shape index (κ3) is 3.45. The van der Waals surface area contributed by atoms with Gasteiger partial charge in [0.05, 0.1) is 5.39 Å². The zero-order chi connectivity index (χ0) is 18.1. The largest absolute Gasteiger partial charge is 0.370 e. The Morgan fingerprint density at radius 2 is 2.12 bits per heavy atom. The molecule has 0 bridgehead atoms. The third-order valence-electron chi connectivity index (χ3n) is 4.16. The Balaban J connectivity index is 2.11. The summed E-state index contributed by atoms with van der Waals surface area (Å²) >= 11 is 7.56. The van der Waals surface area contributed by atoms with Crippen molar-refractivity contribution in [1.82, 2.24) is 9.55 Å². The Labute approximate surface area is 154 Å². The van der Waals surface area contributed by atoms with E-state index < -0.39 is 0 Å². The summed E-state index contributed by atoms with van der Waals surface area (Å²) in [5.41, 5.74) is 7.86. The van der Waals surface area contributed by atoms with Gasteiger partial charge in [-0.2, -0.15) is 0 Å². The van der Waals surface area contributed by atoms with E-state index >= 15 is 0 Å². The van der Waals surface area contributed by atoms with Crippen LogP contribution in [-0.4, -0.2) is 15.5 Å². The maximum Gasteiger partial charge on any atom is 0.262 e. The summed E-state index contributed by atoms with van der Waals surface area (Å²) < 4.78 is 1.62. The Kier molecular flexibility index (Phi) is 4.92. The van der Waals surface area contributed by atoms with Gasteiger partial charge in [-0.15, -0.1) is 11.3 Å². The van der Waals surface area contributed by atoms with Crippen LogP contribution in [0.1, 0.15) is 24.2 Å².